The molecule has 1 radical (unpaired) electrons. The zero-order chi connectivity index (χ0) is 19.5. The molecule has 0 unspecified atom stereocenters. The molecule has 0 aromatic heterocycles. The van der Waals surface area contributed by atoms with Crippen LogP contribution in [0.2, 0.25) is 18.1 Å². The molecule has 0 fully saturated rings. The minimum atomic E-state index is -1.81. The number of hydrogen-bond acceptors (Lipinski definition) is 6. The summed E-state index contributed by atoms with van der Waals surface area (Å²) in [6.45, 7) is 16.7. The van der Waals surface area contributed by atoms with Crippen molar-refractivity contribution >= 4 is 8.32 Å². The standard InChI is InChI=1S/C17H29O5Si.CN.Cu/c1-17(2,3)23(6,7)22-11-14-8-15(20-12-18-4)10-16(9-14)21-13-19-5;1-2;/h8-9H,11-13H2,1-7H3;;/q2*-1;+2. The van der Waals surface area contributed by atoms with E-state index in [1.165, 1.54) is 0 Å². The van der Waals surface area contributed by atoms with Crippen LogP contribution in [0.1, 0.15) is 26.3 Å². The van der Waals surface area contributed by atoms with Crippen LogP contribution >= 0.6 is 0 Å². The first-order valence-corrected chi connectivity index (χ1v) is 10.8. The number of ether oxygens (including phenoxy) is 4. The summed E-state index contributed by atoms with van der Waals surface area (Å²) in [4.78, 5) is 0. The van der Waals surface area contributed by atoms with Crippen molar-refractivity contribution in [1.82, 2.24) is 0 Å². The summed E-state index contributed by atoms with van der Waals surface area (Å²) in [6, 6.07) is 6.82. The fraction of sp³-hybridized carbons (Fsp3) is 0.611. The van der Waals surface area contributed by atoms with Crippen molar-refractivity contribution in [3.63, 3.8) is 0 Å². The van der Waals surface area contributed by atoms with E-state index in [4.69, 9.17) is 35.2 Å². The maximum absolute atomic E-state index is 6.25. The second kappa shape index (κ2) is 13.1. The van der Waals surface area contributed by atoms with Gasteiger partial charge in [-0.3, -0.25) is 0 Å². The van der Waals surface area contributed by atoms with Gasteiger partial charge in [0.05, 0.1) is 0 Å². The van der Waals surface area contributed by atoms with Crippen molar-refractivity contribution in [2.24, 2.45) is 0 Å². The van der Waals surface area contributed by atoms with Crippen LogP contribution in [0.4, 0.5) is 0 Å². The molecular formula is C18H29CuNO5Si. The van der Waals surface area contributed by atoms with E-state index in [0.29, 0.717) is 18.1 Å². The van der Waals surface area contributed by atoms with Crippen LogP contribution < -0.4 is 9.47 Å². The maximum Gasteiger partial charge on any atom is 2.00 e. The van der Waals surface area contributed by atoms with E-state index in [1.54, 1.807) is 14.2 Å². The molecule has 8 heteroatoms. The monoisotopic (exact) mass is 430 g/mol. The smallest absolute Gasteiger partial charge is 0.512 e. The average molecular weight is 431 g/mol. The molecule has 0 heterocycles. The topological polar surface area (TPSA) is 69.9 Å². The summed E-state index contributed by atoms with van der Waals surface area (Å²) in [7, 11) is 1.34. The third-order valence-electron chi connectivity index (χ3n) is 3.95. The van der Waals surface area contributed by atoms with Gasteiger partial charge in [-0.05, 0) is 18.1 Å². The van der Waals surface area contributed by atoms with Gasteiger partial charge < -0.3 is 35.2 Å². The molecule has 0 bridgehead atoms. The van der Waals surface area contributed by atoms with Crippen molar-refractivity contribution in [1.29, 1.82) is 5.26 Å². The Morgan fingerprint density at radius 1 is 1.00 bits per heavy atom. The van der Waals surface area contributed by atoms with Gasteiger partial charge in [0.25, 0.3) is 0 Å². The van der Waals surface area contributed by atoms with Crippen LogP contribution in [0, 0.1) is 17.9 Å². The molecule has 6 nitrogen and oxygen atoms in total. The predicted molar refractivity (Wildman–Crippen MR) is 97.2 cm³/mol. The van der Waals surface area contributed by atoms with Crippen molar-refractivity contribution in [3.05, 3.63) is 30.3 Å². The molecule has 1 aromatic carbocycles. The minimum Gasteiger partial charge on any atom is -0.512 e. The fourth-order valence-corrected chi connectivity index (χ4v) is 2.50. The van der Waals surface area contributed by atoms with Crippen LogP contribution in [-0.4, -0.2) is 36.1 Å². The Morgan fingerprint density at radius 3 is 1.77 bits per heavy atom. The molecule has 26 heavy (non-hydrogen) atoms. The van der Waals surface area contributed by atoms with Crippen LogP contribution in [0.5, 0.6) is 11.5 Å². The molecular weight excluding hydrogens is 402 g/mol. The normalized spacial score (nSPS) is 11.0. The third kappa shape index (κ3) is 9.58. The summed E-state index contributed by atoms with van der Waals surface area (Å²) in [5.41, 5.74) is 0.978. The Balaban J connectivity index is 0. The van der Waals surface area contributed by atoms with Crippen molar-refractivity contribution in [2.45, 2.75) is 45.5 Å². The summed E-state index contributed by atoms with van der Waals surface area (Å²) in [5.74, 6) is 1.13. The summed E-state index contributed by atoms with van der Waals surface area (Å²) in [6.07, 6.45) is 0. The second-order valence-electron chi connectivity index (χ2n) is 6.87. The van der Waals surface area contributed by atoms with E-state index in [1.807, 2.05) is 12.1 Å². The van der Waals surface area contributed by atoms with Crippen molar-refractivity contribution < 1.29 is 40.4 Å². The van der Waals surface area contributed by atoms with E-state index in [0.717, 1.165) is 5.56 Å². The molecule has 0 atom stereocenters. The number of methoxy groups -OCH3 is 2. The van der Waals surface area contributed by atoms with Gasteiger partial charge in [-0.15, -0.1) is 17.7 Å². The van der Waals surface area contributed by atoms with Gasteiger partial charge in [-0.2, -0.15) is 0 Å². The fourth-order valence-electron chi connectivity index (χ4n) is 1.54. The molecule has 0 spiro atoms. The van der Waals surface area contributed by atoms with Gasteiger partial charge >= 0.3 is 17.1 Å². The molecule has 0 saturated carbocycles. The second-order valence-corrected chi connectivity index (χ2v) is 11.7. The first kappa shape index (κ1) is 27.1. The zero-order valence-corrected chi connectivity index (χ0v) is 18.5. The molecule has 0 aliphatic carbocycles. The van der Waals surface area contributed by atoms with E-state index in [2.05, 4.69) is 39.9 Å². The summed E-state index contributed by atoms with van der Waals surface area (Å²) >= 11 is 0. The van der Waals surface area contributed by atoms with Crippen LogP contribution in [0.15, 0.2) is 12.1 Å². The Morgan fingerprint density at radius 2 is 1.42 bits per heavy atom. The van der Waals surface area contributed by atoms with Crippen molar-refractivity contribution in [2.75, 3.05) is 27.8 Å². The largest absolute Gasteiger partial charge is 2.00 e. The number of nitrogens with zero attached hydrogens (tertiary/aromatic N) is 1. The molecule has 151 valence electrons. The minimum absolute atomic E-state index is 0. The van der Waals surface area contributed by atoms with E-state index < -0.39 is 8.32 Å². The van der Waals surface area contributed by atoms with Crippen molar-refractivity contribution in [3.8, 4) is 11.5 Å². The average Bonchev–Trinajstić information content (AvgIpc) is 2.57. The Bertz CT molecular complexity index is 506. The number of hydrogen-bond donors (Lipinski definition) is 0. The van der Waals surface area contributed by atoms with Gasteiger partial charge in [0, 0.05) is 32.3 Å². The summed E-state index contributed by atoms with van der Waals surface area (Å²) in [5, 5.41) is 6.42. The molecule has 0 aliphatic heterocycles. The van der Waals surface area contributed by atoms with Gasteiger partial charge in [-0.1, -0.05) is 26.8 Å². The molecule has 0 N–H and O–H groups in total. The van der Waals surface area contributed by atoms with Crippen LogP contribution in [-0.2, 0) is 37.6 Å². The van der Waals surface area contributed by atoms with Gasteiger partial charge in [0.2, 0.25) is 0 Å². The third-order valence-corrected chi connectivity index (χ3v) is 8.43. The SMILES string of the molecule is COCOc1[c-]c(OCOC)cc(CO[Si](C)(C)C(C)(C)C)c1.[C-]#N.[Cu+2]. The Labute approximate surface area is 169 Å². The van der Waals surface area contributed by atoms with Crippen LogP contribution in [0.3, 0.4) is 0 Å². The molecule has 0 amide bonds. The van der Waals surface area contributed by atoms with Gasteiger partial charge in [0.15, 0.2) is 21.9 Å². The Kier molecular flexibility index (Phi) is 13.7. The van der Waals surface area contributed by atoms with E-state index in [9.17, 15) is 0 Å². The molecule has 1 rings (SSSR count). The molecule has 1 aromatic rings. The van der Waals surface area contributed by atoms with E-state index in [-0.39, 0.29) is 35.7 Å². The predicted octanol–water partition coefficient (Wildman–Crippen LogP) is 4.07. The zero-order valence-electron chi connectivity index (χ0n) is 16.6. The Hall–Kier alpha value is -1.07. The molecule has 0 saturated heterocycles. The van der Waals surface area contributed by atoms with Gasteiger partial charge in [0.1, 0.15) is 0 Å². The van der Waals surface area contributed by atoms with E-state index >= 15 is 0 Å². The maximum atomic E-state index is 6.25. The van der Waals surface area contributed by atoms with Crippen LogP contribution in [0.25, 0.3) is 0 Å². The molecule has 0 aliphatic rings. The number of benzene rings is 1. The number of rotatable bonds is 9. The van der Waals surface area contributed by atoms with Gasteiger partial charge in [-0.25, -0.2) is 0 Å². The first-order valence-electron chi connectivity index (χ1n) is 7.85. The first-order chi connectivity index (χ1) is 11.7. The quantitative estimate of drug-likeness (QED) is 0.334. The summed E-state index contributed by atoms with van der Waals surface area (Å²) < 4.78 is 27.1.